The monoisotopic (exact) mass is 277 g/mol. The molecule has 1 aromatic rings. The van der Waals surface area contributed by atoms with Crippen LogP contribution in [0.3, 0.4) is 0 Å². The number of nitrogen functional groups attached to an aromatic ring is 1. The van der Waals surface area contributed by atoms with Crippen molar-refractivity contribution in [1.82, 2.24) is 9.80 Å². The number of rotatable bonds is 1. The van der Waals surface area contributed by atoms with E-state index in [1.165, 1.54) is 31.0 Å². The molecule has 2 aliphatic heterocycles. The predicted octanol–water partition coefficient (Wildman–Crippen LogP) is 1.72. The molecule has 1 aromatic carbocycles. The fourth-order valence-corrected chi connectivity index (χ4v) is 3.24. The van der Waals surface area contributed by atoms with Crippen LogP contribution in [0.1, 0.15) is 29.6 Å². The summed E-state index contributed by atoms with van der Waals surface area (Å²) < 4.78 is 13.1. The Morgan fingerprint density at radius 3 is 2.90 bits per heavy atom. The van der Waals surface area contributed by atoms with Crippen LogP contribution in [0.2, 0.25) is 0 Å². The molecule has 2 heterocycles. The number of anilines is 1. The van der Waals surface area contributed by atoms with Gasteiger partial charge < -0.3 is 10.6 Å². The van der Waals surface area contributed by atoms with E-state index in [-0.39, 0.29) is 11.6 Å². The Kier molecular flexibility index (Phi) is 3.61. The third-order valence-corrected chi connectivity index (χ3v) is 4.37. The smallest absolute Gasteiger partial charge is 0.256 e. The number of carbonyl (C=O) groups excluding carboxylic acids is 1. The van der Waals surface area contributed by atoms with Gasteiger partial charge in [0.25, 0.3) is 5.91 Å². The highest BCUT2D eigenvalue weighted by atomic mass is 19.1. The summed E-state index contributed by atoms with van der Waals surface area (Å²) in [4.78, 5) is 16.8. The Morgan fingerprint density at radius 1 is 1.25 bits per heavy atom. The van der Waals surface area contributed by atoms with Crippen LogP contribution in [0.15, 0.2) is 18.2 Å². The van der Waals surface area contributed by atoms with Gasteiger partial charge in [-0.1, -0.05) is 6.42 Å². The second-order valence-corrected chi connectivity index (χ2v) is 5.67. The second kappa shape index (κ2) is 5.40. The van der Waals surface area contributed by atoms with Crippen molar-refractivity contribution >= 4 is 11.6 Å². The van der Waals surface area contributed by atoms with E-state index < -0.39 is 5.82 Å². The molecule has 4 nitrogen and oxygen atoms in total. The molecule has 0 aliphatic carbocycles. The summed E-state index contributed by atoms with van der Waals surface area (Å²) in [6, 6.07) is 4.47. The average Bonchev–Trinajstić information content (AvgIpc) is 2.46. The Labute approximate surface area is 118 Å². The highest BCUT2D eigenvalue weighted by Crippen LogP contribution is 2.23. The number of amides is 1. The summed E-state index contributed by atoms with van der Waals surface area (Å²) in [5.41, 5.74) is 6.40. The standard InChI is InChI=1S/C15H20FN3O/c16-11-4-5-13(14(17)9-11)15(20)19-8-7-18-6-2-1-3-12(18)10-19/h4-5,9,12H,1-3,6-8,10,17H2. The van der Waals surface area contributed by atoms with Gasteiger partial charge in [0, 0.05) is 31.4 Å². The van der Waals surface area contributed by atoms with E-state index in [4.69, 9.17) is 5.73 Å². The normalized spacial score (nSPS) is 23.4. The Hall–Kier alpha value is -1.62. The Balaban J connectivity index is 1.74. The largest absolute Gasteiger partial charge is 0.398 e. The fourth-order valence-electron chi connectivity index (χ4n) is 3.24. The number of benzene rings is 1. The van der Waals surface area contributed by atoms with E-state index >= 15 is 0 Å². The molecule has 5 heteroatoms. The molecular formula is C15H20FN3O. The molecule has 0 saturated carbocycles. The van der Waals surface area contributed by atoms with Crippen LogP contribution in [-0.2, 0) is 0 Å². The molecule has 2 saturated heterocycles. The zero-order chi connectivity index (χ0) is 14.1. The van der Waals surface area contributed by atoms with Gasteiger partial charge in [-0.25, -0.2) is 4.39 Å². The van der Waals surface area contributed by atoms with Gasteiger partial charge in [-0.3, -0.25) is 9.69 Å². The van der Waals surface area contributed by atoms with Crippen molar-refractivity contribution in [3.63, 3.8) is 0 Å². The number of fused-ring (bicyclic) bond motifs is 1. The lowest BCUT2D eigenvalue weighted by molar-refractivity contribution is 0.0373. The molecule has 2 N–H and O–H groups in total. The van der Waals surface area contributed by atoms with Crippen LogP contribution < -0.4 is 5.73 Å². The Morgan fingerprint density at radius 2 is 2.10 bits per heavy atom. The van der Waals surface area contributed by atoms with Gasteiger partial charge in [0.15, 0.2) is 0 Å². The molecule has 1 amide bonds. The average molecular weight is 277 g/mol. The molecule has 0 bridgehead atoms. The zero-order valence-corrected chi connectivity index (χ0v) is 11.5. The van der Waals surface area contributed by atoms with Gasteiger partial charge in [0.1, 0.15) is 5.82 Å². The number of piperazine rings is 1. The van der Waals surface area contributed by atoms with Crippen molar-refractivity contribution in [3.05, 3.63) is 29.6 Å². The summed E-state index contributed by atoms with van der Waals surface area (Å²) in [6.07, 6.45) is 3.65. The van der Waals surface area contributed by atoms with Crippen molar-refractivity contribution < 1.29 is 9.18 Å². The third kappa shape index (κ3) is 2.50. The van der Waals surface area contributed by atoms with Gasteiger partial charge in [0.2, 0.25) is 0 Å². The molecule has 1 atom stereocenters. The minimum Gasteiger partial charge on any atom is -0.398 e. The molecule has 0 radical (unpaired) electrons. The van der Waals surface area contributed by atoms with E-state index in [9.17, 15) is 9.18 Å². The topological polar surface area (TPSA) is 49.6 Å². The zero-order valence-electron chi connectivity index (χ0n) is 11.5. The van der Waals surface area contributed by atoms with E-state index in [2.05, 4.69) is 4.90 Å². The van der Waals surface area contributed by atoms with Gasteiger partial charge in [-0.2, -0.15) is 0 Å². The number of hydrogen-bond donors (Lipinski definition) is 1. The third-order valence-electron chi connectivity index (χ3n) is 4.37. The van der Waals surface area contributed by atoms with Crippen LogP contribution in [-0.4, -0.2) is 47.9 Å². The maximum Gasteiger partial charge on any atom is 0.256 e. The lowest BCUT2D eigenvalue weighted by Gasteiger charge is -2.44. The lowest BCUT2D eigenvalue weighted by atomic mass is 9.99. The molecule has 3 rings (SSSR count). The summed E-state index contributed by atoms with van der Waals surface area (Å²) in [5.74, 6) is -0.483. The second-order valence-electron chi connectivity index (χ2n) is 5.67. The van der Waals surface area contributed by atoms with E-state index in [1.807, 2.05) is 4.90 Å². The number of nitrogens with two attached hydrogens (primary N) is 1. The summed E-state index contributed by atoms with van der Waals surface area (Å²) in [6.45, 7) is 3.56. The minimum atomic E-state index is -0.406. The van der Waals surface area contributed by atoms with E-state index in [1.54, 1.807) is 0 Å². The fraction of sp³-hybridized carbons (Fsp3) is 0.533. The first-order chi connectivity index (χ1) is 9.65. The van der Waals surface area contributed by atoms with Crippen LogP contribution >= 0.6 is 0 Å². The lowest BCUT2D eigenvalue weighted by Crippen LogP contribution is -2.56. The molecule has 2 fully saturated rings. The van der Waals surface area contributed by atoms with E-state index in [0.717, 1.165) is 32.6 Å². The maximum atomic E-state index is 13.1. The molecule has 1 unspecified atom stereocenters. The SMILES string of the molecule is Nc1cc(F)ccc1C(=O)N1CCN2CCCCC2C1. The molecule has 0 spiro atoms. The van der Waals surface area contributed by atoms with Gasteiger partial charge in [0.05, 0.1) is 5.56 Å². The highest BCUT2D eigenvalue weighted by Gasteiger charge is 2.31. The van der Waals surface area contributed by atoms with Crippen LogP contribution in [0.4, 0.5) is 10.1 Å². The van der Waals surface area contributed by atoms with Crippen molar-refractivity contribution in [2.45, 2.75) is 25.3 Å². The van der Waals surface area contributed by atoms with Gasteiger partial charge >= 0.3 is 0 Å². The van der Waals surface area contributed by atoms with Crippen molar-refractivity contribution in [2.75, 3.05) is 31.9 Å². The molecule has 0 aromatic heterocycles. The van der Waals surface area contributed by atoms with Crippen LogP contribution in [0, 0.1) is 5.82 Å². The minimum absolute atomic E-state index is 0.0762. The van der Waals surface area contributed by atoms with Gasteiger partial charge in [-0.05, 0) is 37.6 Å². The molecule has 20 heavy (non-hydrogen) atoms. The first kappa shape index (κ1) is 13.4. The maximum absolute atomic E-state index is 13.1. The van der Waals surface area contributed by atoms with Crippen molar-refractivity contribution in [3.8, 4) is 0 Å². The van der Waals surface area contributed by atoms with Crippen molar-refractivity contribution in [2.24, 2.45) is 0 Å². The quantitative estimate of drug-likeness (QED) is 0.795. The molecule has 2 aliphatic rings. The molecule has 108 valence electrons. The van der Waals surface area contributed by atoms with E-state index in [0.29, 0.717) is 11.6 Å². The number of carbonyl (C=O) groups is 1. The van der Waals surface area contributed by atoms with Crippen LogP contribution in [0.25, 0.3) is 0 Å². The van der Waals surface area contributed by atoms with Crippen LogP contribution in [0.5, 0.6) is 0 Å². The van der Waals surface area contributed by atoms with Crippen molar-refractivity contribution in [1.29, 1.82) is 0 Å². The summed E-state index contributed by atoms with van der Waals surface area (Å²) in [7, 11) is 0. The number of piperidine rings is 1. The number of halogens is 1. The predicted molar refractivity (Wildman–Crippen MR) is 75.9 cm³/mol. The first-order valence-electron chi connectivity index (χ1n) is 7.23. The summed E-state index contributed by atoms with van der Waals surface area (Å²) in [5, 5.41) is 0. The number of hydrogen-bond acceptors (Lipinski definition) is 3. The van der Waals surface area contributed by atoms with Gasteiger partial charge in [-0.15, -0.1) is 0 Å². The highest BCUT2D eigenvalue weighted by molar-refractivity contribution is 5.99. The summed E-state index contributed by atoms with van der Waals surface area (Å²) >= 11 is 0. The first-order valence-corrected chi connectivity index (χ1v) is 7.23. The Bertz CT molecular complexity index is 520. The molecular weight excluding hydrogens is 257 g/mol. The number of nitrogens with zero attached hydrogens (tertiary/aromatic N) is 2.